The predicted octanol–water partition coefficient (Wildman–Crippen LogP) is 2.69. The molecule has 1 fully saturated rings. The molecule has 0 aromatic heterocycles. The van der Waals surface area contributed by atoms with E-state index in [1.54, 1.807) is 0 Å². The van der Waals surface area contributed by atoms with Crippen LogP contribution in [0.15, 0.2) is 60.7 Å². The highest BCUT2D eigenvalue weighted by atomic mass is 16.5. The Kier molecular flexibility index (Phi) is 7.04. The monoisotopic (exact) mass is 450 g/mol. The van der Waals surface area contributed by atoms with E-state index in [1.807, 2.05) is 24.3 Å². The van der Waals surface area contributed by atoms with E-state index in [9.17, 15) is 14.4 Å². The number of fused-ring (bicyclic) bond motifs is 3. The maximum absolute atomic E-state index is 12.1. The van der Waals surface area contributed by atoms with Crippen LogP contribution in [-0.2, 0) is 19.1 Å². The normalized spacial score (nSPS) is 19.2. The van der Waals surface area contributed by atoms with Gasteiger partial charge in [-0.05, 0) is 28.7 Å². The fourth-order valence-corrected chi connectivity index (χ4v) is 4.25. The molecule has 0 bridgehead atoms. The van der Waals surface area contributed by atoms with Crippen molar-refractivity contribution in [1.82, 2.24) is 10.6 Å². The Labute approximate surface area is 191 Å². The fourth-order valence-electron chi connectivity index (χ4n) is 4.25. The van der Waals surface area contributed by atoms with E-state index in [4.69, 9.17) is 14.6 Å². The quantitative estimate of drug-likeness (QED) is 0.533. The van der Waals surface area contributed by atoms with Gasteiger partial charge in [0.2, 0.25) is 5.91 Å². The molecule has 172 valence electrons. The smallest absolute Gasteiger partial charge is 0.407 e. The van der Waals surface area contributed by atoms with Crippen LogP contribution in [0.3, 0.4) is 0 Å². The van der Waals surface area contributed by atoms with Gasteiger partial charge in [-0.15, -0.1) is 0 Å². The first-order valence-corrected chi connectivity index (χ1v) is 10.9. The molecule has 1 aliphatic heterocycles. The SMILES string of the molecule is O=C(/C=C/CNC(=O)OCC1c2ccccc2-c2ccccc21)NC[C@@H]1C[C@H](C(=O)O)CO1. The third kappa shape index (κ3) is 5.40. The molecule has 0 saturated carbocycles. The molecule has 1 saturated heterocycles. The maximum Gasteiger partial charge on any atom is 0.407 e. The Morgan fingerprint density at radius 2 is 1.70 bits per heavy atom. The number of carboxylic acids is 1. The summed E-state index contributed by atoms with van der Waals surface area (Å²) in [5.41, 5.74) is 4.61. The van der Waals surface area contributed by atoms with Gasteiger partial charge in [0.05, 0.1) is 18.6 Å². The second-order valence-corrected chi connectivity index (χ2v) is 8.08. The number of aliphatic carboxylic acids is 1. The van der Waals surface area contributed by atoms with Gasteiger partial charge in [0.25, 0.3) is 0 Å². The molecule has 0 unspecified atom stereocenters. The van der Waals surface area contributed by atoms with Crippen molar-refractivity contribution in [2.24, 2.45) is 5.92 Å². The van der Waals surface area contributed by atoms with Crippen molar-refractivity contribution in [2.45, 2.75) is 18.4 Å². The summed E-state index contributed by atoms with van der Waals surface area (Å²) < 4.78 is 10.8. The number of carboxylic acid groups (broad SMARTS) is 1. The summed E-state index contributed by atoms with van der Waals surface area (Å²) in [6, 6.07) is 16.2. The molecule has 3 N–H and O–H groups in total. The fraction of sp³-hybridized carbons (Fsp3) is 0.320. The first-order valence-electron chi connectivity index (χ1n) is 10.9. The molecule has 33 heavy (non-hydrogen) atoms. The van der Waals surface area contributed by atoms with E-state index in [2.05, 4.69) is 34.9 Å². The highest BCUT2D eigenvalue weighted by Crippen LogP contribution is 2.44. The van der Waals surface area contributed by atoms with Crippen LogP contribution in [0.25, 0.3) is 11.1 Å². The highest BCUT2D eigenvalue weighted by molar-refractivity contribution is 5.87. The summed E-state index contributed by atoms with van der Waals surface area (Å²) in [6.45, 7) is 0.774. The van der Waals surface area contributed by atoms with Crippen molar-refractivity contribution in [2.75, 3.05) is 26.3 Å². The summed E-state index contributed by atoms with van der Waals surface area (Å²) in [5.74, 6) is -1.76. The van der Waals surface area contributed by atoms with E-state index < -0.39 is 18.0 Å². The zero-order valence-electron chi connectivity index (χ0n) is 18.0. The molecular weight excluding hydrogens is 424 g/mol. The lowest BCUT2D eigenvalue weighted by atomic mass is 9.98. The average molecular weight is 450 g/mol. The van der Waals surface area contributed by atoms with Crippen LogP contribution in [0.5, 0.6) is 0 Å². The van der Waals surface area contributed by atoms with Gasteiger partial charge < -0.3 is 25.2 Å². The Hall–Kier alpha value is -3.65. The van der Waals surface area contributed by atoms with Gasteiger partial charge in [-0.1, -0.05) is 54.6 Å². The maximum atomic E-state index is 12.1. The number of hydrogen-bond acceptors (Lipinski definition) is 5. The first-order chi connectivity index (χ1) is 16.0. The lowest BCUT2D eigenvalue weighted by molar-refractivity contribution is -0.141. The van der Waals surface area contributed by atoms with Gasteiger partial charge in [0, 0.05) is 25.1 Å². The third-order valence-electron chi connectivity index (χ3n) is 5.91. The predicted molar refractivity (Wildman–Crippen MR) is 121 cm³/mol. The van der Waals surface area contributed by atoms with Gasteiger partial charge >= 0.3 is 12.1 Å². The molecule has 2 aromatic carbocycles. The van der Waals surface area contributed by atoms with Crippen LogP contribution in [0, 0.1) is 5.92 Å². The van der Waals surface area contributed by atoms with E-state index in [-0.39, 0.29) is 44.2 Å². The largest absolute Gasteiger partial charge is 0.481 e. The lowest BCUT2D eigenvalue weighted by Gasteiger charge is -2.14. The zero-order chi connectivity index (χ0) is 23.2. The molecule has 4 rings (SSSR count). The van der Waals surface area contributed by atoms with Crippen LogP contribution >= 0.6 is 0 Å². The van der Waals surface area contributed by atoms with Crippen molar-refractivity contribution in [3.05, 3.63) is 71.8 Å². The molecule has 2 atom stereocenters. The van der Waals surface area contributed by atoms with E-state index in [0.717, 1.165) is 22.3 Å². The van der Waals surface area contributed by atoms with Gasteiger partial charge in [-0.2, -0.15) is 0 Å². The van der Waals surface area contributed by atoms with Crippen molar-refractivity contribution in [3.63, 3.8) is 0 Å². The molecule has 2 aliphatic rings. The van der Waals surface area contributed by atoms with Gasteiger partial charge in [0.15, 0.2) is 0 Å². The Bertz CT molecular complexity index is 1020. The minimum absolute atomic E-state index is 0.0111. The summed E-state index contributed by atoms with van der Waals surface area (Å²) in [7, 11) is 0. The summed E-state index contributed by atoms with van der Waals surface area (Å²) in [4.78, 5) is 34.9. The van der Waals surface area contributed by atoms with Gasteiger partial charge in [-0.25, -0.2) is 4.79 Å². The topological polar surface area (TPSA) is 114 Å². The molecule has 8 nitrogen and oxygen atoms in total. The Balaban J connectivity index is 1.18. The molecule has 0 spiro atoms. The Morgan fingerprint density at radius 3 is 2.33 bits per heavy atom. The van der Waals surface area contributed by atoms with Crippen molar-refractivity contribution in [1.29, 1.82) is 0 Å². The van der Waals surface area contributed by atoms with Gasteiger partial charge in [-0.3, -0.25) is 9.59 Å². The molecule has 8 heteroatoms. The zero-order valence-corrected chi connectivity index (χ0v) is 18.0. The van der Waals surface area contributed by atoms with Crippen LogP contribution < -0.4 is 10.6 Å². The summed E-state index contributed by atoms with van der Waals surface area (Å²) in [5, 5.41) is 14.2. The second kappa shape index (κ2) is 10.3. The molecule has 1 heterocycles. The van der Waals surface area contributed by atoms with E-state index in [0.29, 0.717) is 6.42 Å². The third-order valence-corrected chi connectivity index (χ3v) is 5.91. The average Bonchev–Trinajstić information content (AvgIpc) is 3.42. The Morgan fingerprint density at radius 1 is 1.03 bits per heavy atom. The van der Waals surface area contributed by atoms with E-state index >= 15 is 0 Å². The van der Waals surface area contributed by atoms with Crippen molar-refractivity contribution >= 4 is 18.0 Å². The van der Waals surface area contributed by atoms with Crippen LogP contribution in [0.4, 0.5) is 4.79 Å². The molecular formula is C25H26N2O6. The number of hydrogen-bond donors (Lipinski definition) is 3. The van der Waals surface area contributed by atoms with Crippen molar-refractivity contribution in [3.8, 4) is 11.1 Å². The molecule has 2 amide bonds. The molecule has 2 aromatic rings. The van der Waals surface area contributed by atoms with Crippen molar-refractivity contribution < 1.29 is 29.0 Å². The lowest BCUT2D eigenvalue weighted by Crippen LogP contribution is -2.31. The minimum atomic E-state index is -0.886. The first kappa shape index (κ1) is 22.5. The van der Waals surface area contributed by atoms with Crippen LogP contribution in [0.1, 0.15) is 23.5 Å². The number of amides is 2. The minimum Gasteiger partial charge on any atom is -0.481 e. The van der Waals surface area contributed by atoms with Gasteiger partial charge in [0.1, 0.15) is 6.61 Å². The second-order valence-electron chi connectivity index (χ2n) is 8.08. The highest BCUT2D eigenvalue weighted by Gasteiger charge is 2.31. The number of rotatable bonds is 8. The number of carbonyl (C=O) groups excluding carboxylic acids is 2. The number of nitrogens with one attached hydrogen (secondary N) is 2. The standard InChI is InChI=1S/C25H26N2O6/c28-23(27-13-17-12-16(14-32-17)24(29)30)10-5-11-26-25(31)33-15-22-20-8-3-1-6-18(20)19-7-2-4-9-21(19)22/h1-10,16-17,22H,11-15H2,(H,26,31)(H,27,28)(H,29,30)/b10-5+/t16-,17-/m0/s1. The summed E-state index contributed by atoms with van der Waals surface area (Å²) >= 11 is 0. The summed E-state index contributed by atoms with van der Waals surface area (Å²) in [6.07, 6.45) is 2.35. The molecule has 1 aliphatic carbocycles. The number of alkyl carbamates (subject to hydrolysis) is 1. The number of ether oxygens (including phenoxy) is 2. The van der Waals surface area contributed by atoms with E-state index in [1.165, 1.54) is 12.2 Å². The van der Waals surface area contributed by atoms with Crippen LogP contribution in [0.2, 0.25) is 0 Å². The molecule has 0 radical (unpaired) electrons. The number of carbonyl (C=O) groups is 3. The van der Waals surface area contributed by atoms with Crippen LogP contribution in [-0.4, -0.2) is 55.5 Å². The number of benzene rings is 2.